The van der Waals surface area contributed by atoms with E-state index in [1.807, 2.05) is 43.3 Å². The average molecular weight is 283 g/mol. The molecule has 0 unspecified atom stereocenters. The summed E-state index contributed by atoms with van der Waals surface area (Å²) in [7, 11) is 1.63. The smallest absolute Gasteiger partial charge is 0.228 e. The molecule has 0 spiro atoms. The van der Waals surface area contributed by atoms with Gasteiger partial charge in [0.25, 0.3) is 0 Å². The lowest BCUT2D eigenvalue weighted by atomic mass is 10.1. The van der Waals surface area contributed by atoms with Gasteiger partial charge in [0.1, 0.15) is 5.75 Å². The lowest BCUT2D eigenvalue weighted by Crippen LogP contribution is -2.16. The number of hydrogen-bond acceptors (Lipinski definition) is 2. The molecule has 2 rings (SSSR count). The lowest BCUT2D eigenvalue weighted by molar-refractivity contribution is -0.115. The molecule has 0 aliphatic carbocycles. The fourth-order valence-electron chi connectivity index (χ4n) is 2.31. The number of carbonyl (C=O) groups is 1. The number of rotatable bonds is 5. The molecular weight excluding hydrogens is 262 g/mol. The van der Waals surface area contributed by atoms with Crippen LogP contribution in [-0.4, -0.2) is 13.0 Å². The Morgan fingerprint density at radius 1 is 1.14 bits per heavy atom. The molecule has 2 aromatic rings. The SMILES string of the molecule is CCc1cccc(C)c1NC(=O)Cc1ccc(OC)cc1. The van der Waals surface area contributed by atoms with E-state index in [1.54, 1.807) is 7.11 Å². The molecule has 0 atom stereocenters. The number of nitrogens with one attached hydrogen (secondary N) is 1. The van der Waals surface area contributed by atoms with E-state index in [0.29, 0.717) is 6.42 Å². The van der Waals surface area contributed by atoms with Crippen molar-refractivity contribution in [3.63, 3.8) is 0 Å². The number of benzene rings is 2. The molecule has 0 aromatic heterocycles. The van der Waals surface area contributed by atoms with Gasteiger partial charge in [-0.15, -0.1) is 0 Å². The van der Waals surface area contributed by atoms with Crippen molar-refractivity contribution in [3.05, 3.63) is 59.2 Å². The summed E-state index contributed by atoms with van der Waals surface area (Å²) in [5, 5.41) is 3.04. The minimum atomic E-state index is 0.00386. The normalized spacial score (nSPS) is 10.2. The molecule has 1 amide bonds. The minimum Gasteiger partial charge on any atom is -0.497 e. The first-order chi connectivity index (χ1) is 10.1. The second-order valence-electron chi connectivity index (χ2n) is 5.04. The molecule has 0 radical (unpaired) electrons. The molecule has 110 valence electrons. The number of anilines is 1. The van der Waals surface area contributed by atoms with E-state index < -0.39 is 0 Å². The van der Waals surface area contributed by atoms with Gasteiger partial charge < -0.3 is 10.1 Å². The maximum Gasteiger partial charge on any atom is 0.228 e. The van der Waals surface area contributed by atoms with E-state index in [-0.39, 0.29) is 5.91 Å². The number of carbonyl (C=O) groups excluding carboxylic acids is 1. The molecule has 0 heterocycles. The number of methoxy groups -OCH3 is 1. The molecule has 0 aliphatic rings. The monoisotopic (exact) mass is 283 g/mol. The van der Waals surface area contributed by atoms with Crippen molar-refractivity contribution < 1.29 is 9.53 Å². The first kappa shape index (κ1) is 15.1. The first-order valence-electron chi connectivity index (χ1n) is 7.15. The summed E-state index contributed by atoms with van der Waals surface area (Å²) in [5.74, 6) is 0.801. The highest BCUT2D eigenvalue weighted by Crippen LogP contribution is 2.21. The lowest BCUT2D eigenvalue weighted by Gasteiger charge is -2.13. The van der Waals surface area contributed by atoms with Gasteiger partial charge in [-0.2, -0.15) is 0 Å². The van der Waals surface area contributed by atoms with Gasteiger partial charge in [-0.05, 0) is 42.2 Å². The Labute approximate surface area is 126 Å². The topological polar surface area (TPSA) is 38.3 Å². The van der Waals surface area contributed by atoms with Gasteiger partial charge in [0.15, 0.2) is 0 Å². The van der Waals surface area contributed by atoms with Crippen LogP contribution in [0.1, 0.15) is 23.6 Å². The summed E-state index contributed by atoms with van der Waals surface area (Å²) < 4.78 is 5.12. The molecule has 21 heavy (non-hydrogen) atoms. The maximum atomic E-state index is 12.2. The van der Waals surface area contributed by atoms with Crippen molar-refractivity contribution in [2.24, 2.45) is 0 Å². The molecule has 0 saturated heterocycles. The van der Waals surface area contributed by atoms with Gasteiger partial charge in [0, 0.05) is 5.69 Å². The van der Waals surface area contributed by atoms with Crippen molar-refractivity contribution in [2.75, 3.05) is 12.4 Å². The Kier molecular flexibility index (Phi) is 4.99. The molecule has 3 heteroatoms. The summed E-state index contributed by atoms with van der Waals surface area (Å²) in [6, 6.07) is 13.7. The molecule has 2 aromatic carbocycles. The van der Waals surface area contributed by atoms with Crippen LogP contribution < -0.4 is 10.1 Å². The summed E-state index contributed by atoms with van der Waals surface area (Å²) in [6.07, 6.45) is 1.27. The Morgan fingerprint density at radius 3 is 2.48 bits per heavy atom. The number of ether oxygens (including phenoxy) is 1. The van der Waals surface area contributed by atoms with E-state index in [1.165, 1.54) is 0 Å². The van der Waals surface area contributed by atoms with Gasteiger partial charge in [-0.1, -0.05) is 37.3 Å². The molecule has 1 N–H and O–H groups in total. The van der Waals surface area contributed by atoms with E-state index >= 15 is 0 Å². The molecule has 0 saturated carbocycles. The quantitative estimate of drug-likeness (QED) is 0.907. The van der Waals surface area contributed by atoms with Gasteiger partial charge in [0.05, 0.1) is 13.5 Å². The van der Waals surface area contributed by atoms with Crippen molar-refractivity contribution >= 4 is 11.6 Å². The summed E-state index contributed by atoms with van der Waals surface area (Å²) >= 11 is 0. The molecule has 0 aliphatic heterocycles. The molecule has 0 fully saturated rings. The molecule has 0 bridgehead atoms. The highest BCUT2D eigenvalue weighted by molar-refractivity contribution is 5.93. The van der Waals surface area contributed by atoms with E-state index in [2.05, 4.69) is 18.3 Å². The average Bonchev–Trinajstić information content (AvgIpc) is 2.50. The highest BCUT2D eigenvalue weighted by atomic mass is 16.5. The maximum absolute atomic E-state index is 12.2. The van der Waals surface area contributed by atoms with E-state index in [9.17, 15) is 4.79 Å². The zero-order chi connectivity index (χ0) is 15.2. The Hall–Kier alpha value is -2.29. The summed E-state index contributed by atoms with van der Waals surface area (Å²) in [6.45, 7) is 4.11. The Bertz CT molecular complexity index is 618. The zero-order valence-corrected chi connectivity index (χ0v) is 12.8. The van der Waals surface area contributed by atoms with Gasteiger partial charge in [0.2, 0.25) is 5.91 Å². The van der Waals surface area contributed by atoms with Gasteiger partial charge in [-0.25, -0.2) is 0 Å². The van der Waals surface area contributed by atoms with Crippen LogP contribution in [0.5, 0.6) is 5.75 Å². The van der Waals surface area contributed by atoms with Crippen LogP contribution in [0.2, 0.25) is 0 Å². The minimum absolute atomic E-state index is 0.00386. The number of hydrogen-bond donors (Lipinski definition) is 1. The standard InChI is InChI=1S/C18H21NO2/c1-4-15-7-5-6-13(2)18(15)19-17(20)12-14-8-10-16(21-3)11-9-14/h5-11H,4,12H2,1-3H3,(H,19,20). The third kappa shape index (κ3) is 3.85. The van der Waals surface area contributed by atoms with Crippen LogP contribution in [0.15, 0.2) is 42.5 Å². The van der Waals surface area contributed by atoms with Crippen molar-refractivity contribution in [1.82, 2.24) is 0 Å². The largest absolute Gasteiger partial charge is 0.497 e. The summed E-state index contributed by atoms with van der Waals surface area (Å²) in [4.78, 5) is 12.2. The Balaban J connectivity index is 2.08. The molecular formula is C18H21NO2. The van der Waals surface area contributed by atoms with Crippen molar-refractivity contribution in [2.45, 2.75) is 26.7 Å². The molecule has 3 nitrogen and oxygen atoms in total. The van der Waals surface area contributed by atoms with Crippen LogP contribution in [0.4, 0.5) is 5.69 Å². The number of aryl methyl sites for hydroxylation is 2. The number of para-hydroxylation sites is 1. The van der Waals surface area contributed by atoms with Crippen LogP contribution in [0, 0.1) is 6.92 Å². The van der Waals surface area contributed by atoms with Crippen molar-refractivity contribution in [3.8, 4) is 5.75 Å². The fraction of sp³-hybridized carbons (Fsp3) is 0.278. The third-order valence-electron chi connectivity index (χ3n) is 3.53. The predicted octanol–water partition coefficient (Wildman–Crippen LogP) is 3.75. The highest BCUT2D eigenvalue weighted by Gasteiger charge is 2.09. The Morgan fingerprint density at radius 2 is 1.86 bits per heavy atom. The van der Waals surface area contributed by atoms with Crippen LogP contribution >= 0.6 is 0 Å². The van der Waals surface area contributed by atoms with Crippen molar-refractivity contribution in [1.29, 1.82) is 0 Å². The number of amides is 1. The summed E-state index contributed by atoms with van der Waals surface area (Å²) in [5.41, 5.74) is 4.17. The van der Waals surface area contributed by atoms with E-state index in [0.717, 1.165) is 34.5 Å². The van der Waals surface area contributed by atoms with Crippen LogP contribution in [-0.2, 0) is 17.6 Å². The fourth-order valence-corrected chi connectivity index (χ4v) is 2.31. The van der Waals surface area contributed by atoms with Crippen LogP contribution in [0.3, 0.4) is 0 Å². The van der Waals surface area contributed by atoms with Crippen LogP contribution in [0.25, 0.3) is 0 Å². The second kappa shape index (κ2) is 6.93. The van der Waals surface area contributed by atoms with Gasteiger partial charge in [-0.3, -0.25) is 4.79 Å². The predicted molar refractivity (Wildman–Crippen MR) is 85.9 cm³/mol. The van der Waals surface area contributed by atoms with E-state index in [4.69, 9.17) is 4.74 Å². The second-order valence-corrected chi connectivity index (χ2v) is 5.04. The zero-order valence-electron chi connectivity index (χ0n) is 12.8. The first-order valence-corrected chi connectivity index (χ1v) is 7.15. The third-order valence-corrected chi connectivity index (χ3v) is 3.53. The van der Waals surface area contributed by atoms with Gasteiger partial charge >= 0.3 is 0 Å².